The summed E-state index contributed by atoms with van der Waals surface area (Å²) in [6.07, 6.45) is 0. The Kier molecular flexibility index (Phi) is 2.23. The molecule has 17 heavy (non-hydrogen) atoms. The third-order valence-corrected chi connectivity index (χ3v) is 2.76. The van der Waals surface area contributed by atoms with Gasteiger partial charge in [0.1, 0.15) is 10.8 Å². The van der Waals surface area contributed by atoms with Gasteiger partial charge < -0.3 is 5.73 Å². The van der Waals surface area contributed by atoms with Crippen LogP contribution in [0.25, 0.3) is 22.3 Å². The lowest BCUT2D eigenvalue weighted by Gasteiger charge is -1.98. The van der Waals surface area contributed by atoms with Crippen molar-refractivity contribution in [3.63, 3.8) is 0 Å². The summed E-state index contributed by atoms with van der Waals surface area (Å²) >= 11 is 5.87. The second kappa shape index (κ2) is 3.75. The molecule has 0 radical (unpaired) electrons. The number of nitrogens with zero attached hydrogens (tertiary/aromatic N) is 2. The molecule has 2 heterocycles. The molecule has 84 valence electrons. The Morgan fingerprint density at radius 1 is 1.18 bits per heavy atom. The molecule has 3 aromatic rings. The number of anilines is 1. The number of aromatic amines is 1. The molecule has 4 nitrogen and oxygen atoms in total. The molecule has 3 rings (SSSR count). The van der Waals surface area contributed by atoms with Gasteiger partial charge >= 0.3 is 0 Å². The molecular formula is C12H9ClN4. The Hall–Kier alpha value is -2.07. The second-order valence-electron chi connectivity index (χ2n) is 3.72. The number of nitrogens with one attached hydrogen (secondary N) is 1. The van der Waals surface area contributed by atoms with Crippen molar-refractivity contribution in [1.82, 2.24) is 15.2 Å². The van der Waals surface area contributed by atoms with E-state index >= 15 is 0 Å². The van der Waals surface area contributed by atoms with Crippen LogP contribution in [0.3, 0.4) is 0 Å². The number of benzene rings is 1. The molecule has 0 bridgehead atoms. The minimum Gasteiger partial charge on any atom is -0.399 e. The van der Waals surface area contributed by atoms with Gasteiger partial charge in [-0.15, -0.1) is 0 Å². The molecule has 0 spiro atoms. The van der Waals surface area contributed by atoms with Gasteiger partial charge in [-0.05, 0) is 30.3 Å². The number of nitrogens with two attached hydrogens (primary N) is 1. The predicted octanol–water partition coefficient (Wildman–Crippen LogP) is 2.86. The molecule has 0 aliphatic rings. The third kappa shape index (κ3) is 1.72. The maximum Gasteiger partial charge on any atom is 0.129 e. The maximum atomic E-state index is 5.87. The van der Waals surface area contributed by atoms with Crippen LogP contribution >= 0.6 is 11.6 Å². The molecule has 0 saturated carbocycles. The van der Waals surface area contributed by atoms with E-state index in [1.54, 1.807) is 6.07 Å². The van der Waals surface area contributed by atoms with E-state index in [0.29, 0.717) is 10.8 Å². The molecule has 3 N–H and O–H groups in total. The summed E-state index contributed by atoms with van der Waals surface area (Å²) in [5.41, 5.74) is 8.89. The first kappa shape index (κ1) is 10.1. The fraction of sp³-hybridized carbons (Fsp3) is 0. The van der Waals surface area contributed by atoms with Crippen LogP contribution in [-0.2, 0) is 0 Å². The van der Waals surface area contributed by atoms with Crippen molar-refractivity contribution in [3.8, 4) is 11.4 Å². The third-order valence-electron chi connectivity index (χ3n) is 2.54. The zero-order valence-electron chi connectivity index (χ0n) is 8.81. The van der Waals surface area contributed by atoms with Gasteiger partial charge in [0, 0.05) is 11.1 Å². The lowest BCUT2D eigenvalue weighted by Crippen LogP contribution is -1.86. The minimum absolute atomic E-state index is 0.447. The average molecular weight is 245 g/mol. The van der Waals surface area contributed by atoms with Crippen LogP contribution in [0.4, 0.5) is 5.69 Å². The minimum atomic E-state index is 0.447. The van der Waals surface area contributed by atoms with Crippen molar-refractivity contribution in [2.24, 2.45) is 0 Å². The SMILES string of the molecule is Nc1ccc2[nH]nc(-c3cccc(Cl)n3)c2c1. The highest BCUT2D eigenvalue weighted by molar-refractivity contribution is 6.29. The summed E-state index contributed by atoms with van der Waals surface area (Å²) in [6.45, 7) is 0. The number of halogens is 1. The molecule has 5 heteroatoms. The predicted molar refractivity (Wildman–Crippen MR) is 68.7 cm³/mol. The van der Waals surface area contributed by atoms with Gasteiger partial charge in [-0.2, -0.15) is 5.10 Å². The number of hydrogen-bond acceptors (Lipinski definition) is 3. The summed E-state index contributed by atoms with van der Waals surface area (Å²) in [4.78, 5) is 4.24. The summed E-state index contributed by atoms with van der Waals surface area (Å²) in [5, 5.41) is 8.58. The molecule has 0 unspecified atom stereocenters. The van der Waals surface area contributed by atoms with E-state index in [-0.39, 0.29) is 0 Å². The van der Waals surface area contributed by atoms with E-state index in [4.69, 9.17) is 17.3 Å². The maximum absolute atomic E-state index is 5.87. The summed E-state index contributed by atoms with van der Waals surface area (Å²) < 4.78 is 0. The zero-order chi connectivity index (χ0) is 11.8. The van der Waals surface area contributed by atoms with Crippen molar-refractivity contribution in [2.45, 2.75) is 0 Å². The highest BCUT2D eigenvalue weighted by atomic mass is 35.5. The molecule has 0 amide bonds. The lowest BCUT2D eigenvalue weighted by atomic mass is 10.1. The molecule has 0 saturated heterocycles. The van der Waals surface area contributed by atoms with E-state index in [1.807, 2.05) is 30.3 Å². The van der Waals surface area contributed by atoms with Gasteiger partial charge in [0.05, 0.1) is 11.2 Å². The molecule has 2 aromatic heterocycles. The number of H-pyrrole nitrogens is 1. The van der Waals surface area contributed by atoms with Crippen LogP contribution in [0.5, 0.6) is 0 Å². The monoisotopic (exact) mass is 244 g/mol. The van der Waals surface area contributed by atoms with E-state index in [9.17, 15) is 0 Å². The van der Waals surface area contributed by atoms with Crippen molar-refractivity contribution < 1.29 is 0 Å². The van der Waals surface area contributed by atoms with E-state index in [0.717, 1.165) is 22.3 Å². The molecule has 0 aliphatic carbocycles. The first-order valence-electron chi connectivity index (χ1n) is 5.10. The normalized spacial score (nSPS) is 10.9. The molecule has 1 aromatic carbocycles. The van der Waals surface area contributed by atoms with Crippen molar-refractivity contribution >= 4 is 28.2 Å². The van der Waals surface area contributed by atoms with Gasteiger partial charge in [0.25, 0.3) is 0 Å². The largest absolute Gasteiger partial charge is 0.399 e. The number of rotatable bonds is 1. The van der Waals surface area contributed by atoms with Crippen molar-refractivity contribution in [3.05, 3.63) is 41.6 Å². The van der Waals surface area contributed by atoms with Gasteiger partial charge in [0.15, 0.2) is 0 Å². The summed E-state index contributed by atoms with van der Waals surface area (Å²) in [5.74, 6) is 0. The Labute approximate surface area is 102 Å². The van der Waals surface area contributed by atoms with Gasteiger partial charge in [0.2, 0.25) is 0 Å². The first-order chi connectivity index (χ1) is 8.24. The summed E-state index contributed by atoms with van der Waals surface area (Å²) in [6, 6.07) is 11.0. The number of fused-ring (bicyclic) bond motifs is 1. The standard InChI is InChI=1S/C12H9ClN4/c13-11-3-1-2-10(15-11)12-8-6-7(14)4-5-9(8)16-17-12/h1-6H,14H2,(H,16,17). The fourth-order valence-corrected chi connectivity index (χ4v) is 1.93. The molecular weight excluding hydrogens is 236 g/mol. The smallest absolute Gasteiger partial charge is 0.129 e. The number of pyridine rings is 1. The number of nitrogen functional groups attached to an aromatic ring is 1. The molecule has 0 atom stereocenters. The highest BCUT2D eigenvalue weighted by Gasteiger charge is 2.09. The van der Waals surface area contributed by atoms with Crippen LogP contribution < -0.4 is 5.73 Å². The molecule has 0 fully saturated rings. The van der Waals surface area contributed by atoms with Gasteiger partial charge in [-0.3, -0.25) is 5.10 Å². The quantitative estimate of drug-likeness (QED) is 0.511. The second-order valence-corrected chi connectivity index (χ2v) is 4.11. The average Bonchev–Trinajstić information content (AvgIpc) is 2.71. The van der Waals surface area contributed by atoms with Crippen LogP contribution in [0.15, 0.2) is 36.4 Å². The van der Waals surface area contributed by atoms with Crippen molar-refractivity contribution in [2.75, 3.05) is 5.73 Å². The molecule has 0 aliphatic heterocycles. The summed E-state index contributed by atoms with van der Waals surface area (Å²) in [7, 11) is 0. The van der Waals surface area contributed by atoms with Crippen LogP contribution in [0, 0.1) is 0 Å². The van der Waals surface area contributed by atoms with E-state index in [2.05, 4.69) is 15.2 Å². The Balaban J connectivity index is 2.27. The lowest BCUT2D eigenvalue weighted by molar-refractivity contribution is 1.11. The Morgan fingerprint density at radius 3 is 2.88 bits per heavy atom. The fourth-order valence-electron chi connectivity index (χ4n) is 1.77. The topological polar surface area (TPSA) is 67.6 Å². The first-order valence-corrected chi connectivity index (χ1v) is 5.48. The van der Waals surface area contributed by atoms with Crippen LogP contribution in [-0.4, -0.2) is 15.2 Å². The van der Waals surface area contributed by atoms with Gasteiger partial charge in [-0.1, -0.05) is 17.7 Å². The number of aromatic nitrogens is 3. The van der Waals surface area contributed by atoms with Crippen LogP contribution in [0.2, 0.25) is 5.15 Å². The van der Waals surface area contributed by atoms with Gasteiger partial charge in [-0.25, -0.2) is 4.98 Å². The highest BCUT2D eigenvalue weighted by Crippen LogP contribution is 2.26. The van der Waals surface area contributed by atoms with E-state index in [1.165, 1.54) is 0 Å². The Bertz CT molecular complexity index is 690. The number of hydrogen-bond donors (Lipinski definition) is 2. The van der Waals surface area contributed by atoms with Crippen molar-refractivity contribution in [1.29, 1.82) is 0 Å². The van der Waals surface area contributed by atoms with Crippen LogP contribution in [0.1, 0.15) is 0 Å². The Morgan fingerprint density at radius 2 is 2.06 bits per heavy atom. The zero-order valence-corrected chi connectivity index (χ0v) is 9.57. The van der Waals surface area contributed by atoms with E-state index < -0.39 is 0 Å².